The minimum Gasteiger partial charge on any atom is -0.392 e. The Labute approximate surface area is 80.9 Å². The van der Waals surface area contributed by atoms with Crippen LogP contribution in [-0.4, -0.2) is 35.7 Å². The van der Waals surface area contributed by atoms with Crippen LogP contribution in [0.4, 0.5) is 0 Å². The van der Waals surface area contributed by atoms with Gasteiger partial charge < -0.3 is 5.11 Å². The van der Waals surface area contributed by atoms with Crippen molar-refractivity contribution in [3.05, 3.63) is 0 Å². The Bertz CT molecular complexity index is 179. The minimum absolute atomic E-state index is 0.127. The lowest BCUT2D eigenvalue weighted by atomic mass is 9.63. The van der Waals surface area contributed by atoms with Crippen molar-refractivity contribution >= 4 is 0 Å². The standard InChI is InChI=1S/C11H21NO/c1-9(2)10(13)6-12-7-11(8-12)4-3-5-11/h9-10,13H,3-8H2,1-2H3. The molecule has 2 rings (SSSR count). The van der Waals surface area contributed by atoms with Gasteiger partial charge in [-0.3, -0.25) is 4.90 Å². The van der Waals surface area contributed by atoms with Crippen molar-refractivity contribution in [1.29, 1.82) is 0 Å². The molecule has 0 aromatic rings. The summed E-state index contributed by atoms with van der Waals surface area (Å²) in [5.74, 6) is 0.401. The van der Waals surface area contributed by atoms with Crippen molar-refractivity contribution in [2.45, 2.75) is 39.2 Å². The van der Waals surface area contributed by atoms with Crippen molar-refractivity contribution < 1.29 is 5.11 Å². The van der Waals surface area contributed by atoms with Gasteiger partial charge in [-0.2, -0.15) is 0 Å². The molecule has 2 nitrogen and oxygen atoms in total. The van der Waals surface area contributed by atoms with E-state index in [-0.39, 0.29) is 6.10 Å². The lowest BCUT2D eigenvalue weighted by Gasteiger charge is -2.56. The van der Waals surface area contributed by atoms with Gasteiger partial charge in [0, 0.05) is 19.6 Å². The summed E-state index contributed by atoms with van der Waals surface area (Å²) in [6, 6.07) is 0. The summed E-state index contributed by atoms with van der Waals surface area (Å²) in [5.41, 5.74) is 0.705. The number of likely N-dealkylation sites (tertiary alicyclic amines) is 1. The Balaban J connectivity index is 1.69. The Kier molecular flexibility index (Phi) is 2.37. The molecule has 1 heterocycles. The molecule has 1 aliphatic carbocycles. The summed E-state index contributed by atoms with van der Waals surface area (Å²) in [7, 11) is 0. The van der Waals surface area contributed by atoms with Crippen LogP contribution in [0.5, 0.6) is 0 Å². The average Bonchev–Trinajstić information content (AvgIpc) is 1.90. The second-order valence-electron chi connectivity index (χ2n) is 5.33. The van der Waals surface area contributed by atoms with Gasteiger partial charge in [-0.05, 0) is 24.2 Å². The Morgan fingerprint density at radius 1 is 1.31 bits per heavy atom. The van der Waals surface area contributed by atoms with Crippen LogP contribution >= 0.6 is 0 Å². The van der Waals surface area contributed by atoms with Gasteiger partial charge in [-0.15, -0.1) is 0 Å². The van der Waals surface area contributed by atoms with Crippen LogP contribution in [-0.2, 0) is 0 Å². The van der Waals surface area contributed by atoms with Crippen molar-refractivity contribution in [2.75, 3.05) is 19.6 Å². The molecule has 2 aliphatic rings. The van der Waals surface area contributed by atoms with Crippen LogP contribution in [0.15, 0.2) is 0 Å². The highest BCUT2D eigenvalue weighted by Crippen LogP contribution is 2.48. The quantitative estimate of drug-likeness (QED) is 0.716. The van der Waals surface area contributed by atoms with E-state index in [0.717, 1.165) is 6.54 Å². The summed E-state index contributed by atoms with van der Waals surface area (Å²) >= 11 is 0. The molecule has 1 N–H and O–H groups in total. The third-order valence-corrected chi connectivity index (χ3v) is 3.75. The molecule has 1 spiro atoms. The molecule has 0 aromatic carbocycles. The fourth-order valence-corrected chi connectivity index (χ4v) is 2.50. The number of rotatable bonds is 3. The van der Waals surface area contributed by atoms with Gasteiger partial charge >= 0.3 is 0 Å². The van der Waals surface area contributed by atoms with E-state index >= 15 is 0 Å². The Morgan fingerprint density at radius 3 is 2.31 bits per heavy atom. The van der Waals surface area contributed by atoms with Gasteiger partial charge in [0.15, 0.2) is 0 Å². The van der Waals surface area contributed by atoms with E-state index in [1.165, 1.54) is 32.4 Å². The molecule has 1 aliphatic heterocycles. The van der Waals surface area contributed by atoms with Crippen LogP contribution in [0.25, 0.3) is 0 Å². The van der Waals surface area contributed by atoms with Gasteiger partial charge in [0.2, 0.25) is 0 Å². The molecule has 13 heavy (non-hydrogen) atoms. The van der Waals surface area contributed by atoms with E-state index < -0.39 is 0 Å². The first-order valence-electron chi connectivity index (χ1n) is 5.52. The average molecular weight is 183 g/mol. The number of aliphatic hydroxyl groups excluding tert-OH is 1. The first-order chi connectivity index (χ1) is 6.11. The van der Waals surface area contributed by atoms with Crippen LogP contribution in [0, 0.1) is 11.3 Å². The van der Waals surface area contributed by atoms with Crippen LogP contribution in [0.2, 0.25) is 0 Å². The Hall–Kier alpha value is -0.0800. The number of β-amino-alcohol motifs (C(OH)–C–C–N with tert-alkyl or cyclic N) is 1. The summed E-state index contributed by atoms with van der Waals surface area (Å²) < 4.78 is 0. The molecule has 76 valence electrons. The maximum Gasteiger partial charge on any atom is 0.0689 e. The predicted molar refractivity (Wildman–Crippen MR) is 53.6 cm³/mol. The highest BCUT2D eigenvalue weighted by atomic mass is 16.3. The van der Waals surface area contributed by atoms with Crippen LogP contribution in [0.1, 0.15) is 33.1 Å². The normalized spacial score (nSPS) is 28.6. The Morgan fingerprint density at radius 2 is 1.92 bits per heavy atom. The highest BCUT2D eigenvalue weighted by Gasteiger charge is 2.47. The summed E-state index contributed by atoms with van der Waals surface area (Å²) in [5, 5.41) is 9.68. The molecule has 1 saturated carbocycles. The number of nitrogens with zero attached hydrogens (tertiary/aromatic N) is 1. The largest absolute Gasteiger partial charge is 0.392 e. The molecule has 2 heteroatoms. The van der Waals surface area contributed by atoms with Crippen molar-refractivity contribution in [3.8, 4) is 0 Å². The lowest BCUT2D eigenvalue weighted by Crippen LogP contribution is -2.61. The molecule has 2 fully saturated rings. The van der Waals surface area contributed by atoms with Gasteiger partial charge in [-0.1, -0.05) is 20.3 Å². The second kappa shape index (κ2) is 3.25. The molecule has 0 aromatic heterocycles. The third kappa shape index (κ3) is 1.75. The van der Waals surface area contributed by atoms with Gasteiger partial charge in [-0.25, -0.2) is 0 Å². The molecular weight excluding hydrogens is 162 g/mol. The first-order valence-corrected chi connectivity index (χ1v) is 5.52. The molecule has 0 bridgehead atoms. The van der Waals surface area contributed by atoms with E-state index in [1.54, 1.807) is 0 Å². The zero-order valence-electron chi connectivity index (χ0n) is 8.79. The van der Waals surface area contributed by atoms with Crippen molar-refractivity contribution in [2.24, 2.45) is 11.3 Å². The molecule has 1 atom stereocenters. The summed E-state index contributed by atoms with van der Waals surface area (Å²) in [6.45, 7) is 7.56. The zero-order valence-corrected chi connectivity index (χ0v) is 8.79. The number of hydrogen-bond acceptors (Lipinski definition) is 2. The summed E-state index contributed by atoms with van der Waals surface area (Å²) in [4.78, 5) is 2.41. The van der Waals surface area contributed by atoms with Gasteiger partial charge in [0.05, 0.1) is 6.10 Å². The molecule has 0 amide bonds. The van der Waals surface area contributed by atoms with Crippen LogP contribution < -0.4 is 0 Å². The highest BCUT2D eigenvalue weighted by molar-refractivity contribution is 5.00. The molecule has 1 unspecified atom stereocenters. The number of aliphatic hydroxyl groups is 1. The minimum atomic E-state index is -0.127. The topological polar surface area (TPSA) is 23.5 Å². The second-order valence-corrected chi connectivity index (χ2v) is 5.33. The van der Waals surface area contributed by atoms with E-state index in [0.29, 0.717) is 11.3 Å². The van der Waals surface area contributed by atoms with E-state index in [9.17, 15) is 5.11 Å². The van der Waals surface area contributed by atoms with E-state index in [2.05, 4.69) is 18.7 Å². The molecular formula is C11H21NO. The smallest absolute Gasteiger partial charge is 0.0689 e. The van der Waals surface area contributed by atoms with Gasteiger partial charge in [0.25, 0.3) is 0 Å². The van der Waals surface area contributed by atoms with E-state index in [4.69, 9.17) is 0 Å². The maximum atomic E-state index is 9.68. The van der Waals surface area contributed by atoms with Gasteiger partial charge in [0.1, 0.15) is 0 Å². The van der Waals surface area contributed by atoms with E-state index in [1.807, 2.05) is 0 Å². The zero-order chi connectivity index (χ0) is 9.47. The van der Waals surface area contributed by atoms with Crippen LogP contribution in [0.3, 0.4) is 0 Å². The monoisotopic (exact) mass is 183 g/mol. The lowest BCUT2D eigenvalue weighted by molar-refractivity contribution is -0.0809. The predicted octanol–water partition coefficient (Wildman–Crippen LogP) is 1.49. The summed E-state index contributed by atoms with van der Waals surface area (Å²) in [6.07, 6.45) is 4.17. The molecule has 1 saturated heterocycles. The maximum absolute atomic E-state index is 9.68. The third-order valence-electron chi connectivity index (χ3n) is 3.75. The first kappa shape index (κ1) is 9.47. The van der Waals surface area contributed by atoms with Crippen molar-refractivity contribution in [3.63, 3.8) is 0 Å². The van der Waals surface area contributed by atoms with Crippen molar-refractivity contribution in [1.82, 2.24) is 4.90 Å². The fraction of sp³-hybridized carbons (Fsp3) is 1.00. The fourth-order valence-electron chi connectivity index (χ4n) is 2.50. The molecule has 0 radical (unpaired) electrons. The SMILES string of the molecule is CC(C)C(O)CN1CC2(CCC2)C1. The number of hydrogen-bond donors (Lipinski definition) is 1.